The maximum atomic E-state index is 6.06. The first-order chi connectivity index (χ1) is 9.41. The first-order valence-electron chi connectivity index (χ1n) is 8.04. The van der Waals surface area contributed by atoms with Gasteiger partial charge in [-0.1, -0.05) is 32.9 Å². The maximum Gasteiger partial charge on any atom is 0.0342 e. The molecule has 0 spiro atoms. The van der Waals surface area contributed by atoms with Gasteiger partial charge in [0.25, 0.3) is 0 Å². The van der Waals surface area contributed by atoms with Crippen LogP contribution >= 0.6 is 0 Å². The van der Waals surface area contributed by atoms with Gasteiger partial charge in [-0.2, -0.15) is 0 Å². The summed E-state index contributed by atoms with van der Waals surface area (Å²) in [6.07, 6.45) is 5.09. The van der Waals surface area contributed by atoms with Crippen LogP contribution in [0.25, 0.3) is 0 Å². The zero-order chi connectivity index (χ0) is 14.3. The Bertz CT molecular complexity index is 443. The van der Waals surface area contributed by atoms with Crippen molar-refractivity contribution in [2.45, 2.75) is 64.0 Å². The van der Waals surface area contributed by atoms with Crippen molar-refractivity contribution in [2.24, 2.45) is 17.6 Å². The molecule has 2 saturated carbocycles. The second-order valence-corrected chi connectivity index (χ2v) is 7.89. The van der Waals surface area contributed by atoms with Crippen LogP contribution in [0.15, 0.2) is 24.3 Å². The van der Waals surface area contributed by atoms with Crippen LogP contribution in [0.1, 0.15) is 52.0 Å². The predicted octanol–water partition coefficient (Wildman–Crippen LogP) is 3.91. The van der Waals surface area contributed by atoms with Crippen LogP contribution in [-0.2, 0) is 5.41 Å². The molecule has 2 aliphatic rings. The summed E-state index contributed by atoms with van der Waals surface area (Å²) in [6.45, 7) is 6.78. The summed E-state index contributed by atoms with van der Waals surface area (Å²) in [5.41, 5.74) is 8.97. The van der Waals surface area contributed by atoms with E-state index in [-0.39, 0.29) is 5.41 Å². The molecule has 0 aromatic heterocycles. The van der Waals surface area contributed by atoms with Crippen LogP contribution in [0.3, 0.4) is 0 Å². The molecule has 2 aliphatic carbocycles. The van der Waals surface area contributed by atoms with Crippen molar-refractivity contribution in [1.29, 1.82) is 0 Å². The van der Waals surface area contributed by atoms with Gasteiger partial charge >= 0.3 is 0 Å². The Morgan fingerprint density at radius 2 is 1.50 bits per heavy atom. The van der Waals surface area contributed by atoms with Crippen LogP contribution < -0.4 is 11.1 Å². The lowest BCUT2D eigenvalue weighted by Crippen LogP contribution is -2.21. The average Bonchev–Trinajstić information content (AvgIpc) is 2.85. The van der Waals surface area contributed by atoms with Crippen molar-refractivity contribution in [2.75, 3.05) is 5.32 Å². The number of hydrogen-bond donors (Lipinski definition) is 2. The maximum absolute atomic E-state index is 6.06. The van der Waals surface area contributed by atoms with E-state index < -0.39 is 0 Å². The van der Waals surface area contributed by atoms with Crippen LogP contribution in [0.2, 0.25) is 0 Å². The number of hydrogen-bond acceptors (Lipinski definition) is 2. The first-order valence-corrected chi connectivity index (χ1v) is 8.04. The number of fused-ring (bicyclic) bond motifs is 1. The summed E-state index contributed by atoms with van der Waals surface area (Å²) in [6, 6.07) is 10.1. The molecule has 3 N–H and O–H groups in total. The fourth-order valence-electron chi connectivity index (χ4n) is 4.08. The van der Waals surface area contributed by atoms with Gasteiger partial charge in [-0.05, 0) is 60.6 Å². The molecule has 110 valence electrons. The molecule has 0 amide bonds. The van der Waals surface area contributed by atoms with Gasteiger partial charge in [-0.15, -0.1) is 0 Å². The van der Waals surface area contributed by atoms with E-state index >= 15 is 0 Å². The highest BCUT2D eigenvalue weighted by atomic mass is 14.9. The van der Waals surface area contributed by atoms with Crippen LogP contribution in [-0.4, -0.2) is 12.1 Å². The third-order valence-corrected chi connectivity index (χ3v) is 5.17. The second kappa shape index (κ2) is 5.07. The van der Waals surface area contributed by atoms with Crippen molar-refractivity contribution in [3.8, 4) is 0 Å². The number of nitrogens with two attached hydrogens (primary N) is 1. The predicted molar refractivity (Wildman–Crippen MR) is 86.0 cm³/mol. The zero-order valence-electron chi connectivity index (χ0n) is 13.0. The summed E-state index contributed by atoms with van der Waals surface area (Å²) in [5, 5.41) is 3.72. The Balaban J connectivity index is 1.60. The lowest BCUT2D eigenvalue weighted by molar-refractivity contribution is 0.457. The summed E-state index contributed by atoms with van der Waals surface area (Å²) in [7, 11) is 0. The molecule has 2 atom stereocenters. The highest BCUT2D eigenvalue weighted by Crippen LogP contribution is 2.44. The van der Waals surface area contributed by atoms with Gasteiger partial charge in [0.2, 0.25) is 0 Å². The molecule has 2 heteroatoms. The minimum Gasteiger partial charge on any atom is -0.382 e. The molecule has 0 bridgehead atoms. The second-order valence-electron chi connectivity index (χ2n) is 7.89. The third kappa shape index (κ3) is 2.85. The van der Waals surface area contributed by atoms with Gasteiger partial charge in [-0.25, -0.2) is 0 Å². The average molecular weight is 272 g/mol. The highest BCUT2D eigenvalue weighted by molar-refractivity contribution is 5.46. The molecule has 1 aromatic carbocycles. The summed E-state index contributed by atoms with van der Waals surface area (Å²) < 4.78 is 0. The normalized spacial score (nSPS) is 33.2. The van der Waals surface area contributed by atoms with Crippen LogP contribution in [0, 0.1) is 11.8 Å². The van der Waals surface area contributed by atoms with Gasteiger partial charge < -0.3 is 11.1 Å². The van der Waals surface area contributed by atoms with E-state index in [1.807, 2.05) is 0 Å². The Morgan fingerprint density at radius 3 is 2.00 bits per heavy atom. The summed E-state index contributed by atoms with van der Waals surface area (Å²) >= 11 is 0. The number of anilines is 1. The Hall–Kier alpha value is -1.02. The zero-order valence-corrected chi connectivity index (χ0v) is 13.0. The van der Waals surface area contributed by atoms with Crippen molar-refractivity contribution >= 4 is 5.69 Å². The molecule has 2 unspecified atom stereocenters. The van der Waals surface area contributed by atoms with Gasteiger partial charge in [0, 0.05) is 17.8 Å². The van der Waals surface area contributed by atoms with E-state index in [4.69, 9.17) is 5.73 Å². The van der Waals surface area contributed by atoms with Gasteiger partial charge in [0.05, 0.1) is 0 Å². The topological polar surface area (TPSA) is 38.0 Å². The van der Waals surface area contributed by atoms with Crippen molar-refractivity contribution < 1.29 is 0 Å². The summed E-state index contributed by atoms with van der Waals surface area (Å²) in [5.74, 6) is 1.74. The van der Waals surface area contributed by atoms with Crippen LogP contribution in [0.4, 0.5) is 5.69 Å². The molecule has 2 nitrogen and oxygen atoms in total. The molecule has 3 rings (SSSR count). The third-order valence-electron chi connectivity index (χ3n) is 5.17. The molecule has 20 heavy (non-hydrogen) atoms. The molecule has 0 aliphatic heterocycles. The van der Waals surface area contributed by atoms with E-state index in [1.54, 1.807) is 0 Å². The molecule has 0 saturated heterocycles. The minimum absolute atomic E-state index is 0.235. The Labute approximate surface area is 123 Å². The largest absolute Gasteiger partial charge is 0.382 e. The molecule has 0 radical (unpaired) electrons. The highest BCUT2D eigenvalue weighted by Gasteiger charge is 2.40. The fourth-order valence-corrected chi connectivity index (χ4v) is 4.08. The minimum atomic E-state index is 0.235. The van der Waals surface area contributed by atoms with Gasteiger partial charge in [0.1, 0.15) is 0 Å². The molecular weight excluding hydrogens is 244 g/mol. The van der Waals surface area contributed by atoms with Crippen LogP contribution in [0.5, 0.6) is 0 Å². The van der Waals surface area contributed by atoms with E-state index in [0.717, 1.165) is 11.8 Å². The fraction of sp³-hybridized carbons (Fsp3) is 0.667. The summed E-state index contributed by atoms with van der Waals surface area (Å²) in [4.78, 5) is 0. The monoisotopic (exact) mass is 272 g/mol. The Kier molecular flexibility index (Phi) is 3.53. The SMILES string of the molecule is CC(C)(C)c1ccc(NC2CC3CC(N)CC3C2)cc1. The van der Waals surface area contributed by atoms with E-state index in [1.165, 1.54) is 36.9 Å². The Morgan fingerprint density at radius 1 is 0.950 bits per heavy atom. The standard InChI is InChI=1S/C18H28N2/c1-18(2,3)14-4-6-16(7-5-14)20-17-10-12-8-15(19)9-13(12)11-17/h4-7,12-13,15,17,20H,8-11,19H2,1-3H3. The van der Waals surface area contributed by atoms with Crippen molar-refractivity contribution in [3.63, 3.8) is 0 Å². The molecule has 1 aromatic rings. The van der Waals surface area contributed by atoms with Crippen molar-refractivity contribution in [1.82, 2.24) is 0 Å². The smallest absolute Gasteiger partial charge is 0.0342 e. The molecule has 0 heterocycles. The number of rotatable bonds is 2. The van der Waals surface area contributed by atoms with E-state index in [9.17, 15) is 0 Å². The lowest BCUT2D eigenvalue weighted by atomic mass is 9.87. The molecule has 2 fully saturated rings. The first kappa shape index (κ1) is 13.9. The van der Waals surface area contributed by atoms with Gasteiger partial charge in [0.15, 0.2) is 0 Å². The number of nitrogens with one attached hydrogen (secondary N) is 1. The quantitative estimate of drug-likeness (QED) is 0.856. The molecular formula is C18H28N2. The van der Waals surface area contributed by atoms with E-state index in [0.29, 0.717) is 12.1 Å². The lowest BCUT2D eigenvalue weighted by Gasteiger charge is -2.21. The van der Waals surface area contributed by atoms with Gasteiger partial charge in [-0.3, -0.25) is 0 Å². The number of benzene rings is 1. The van der Waals surface area contributed by atoms with Crippen molar-refractivity contribution in [3.05, 3.63) is 29.8 Å². The van der Waals surface area contributed by atoms with E-state index in [2.05, 4.69) is 50.4 Å².